The molecule has 4 nitrogen and oxygen atoms in total. The van der Waals surface area contributed by atoms with E-state index in [2.05, 4.69) is 0 Å². The molecule has 1 aliphatic rings. The number of hydrogen-bond acceptors (Lipinski definition) is 4. The Bertz CT molecular complexity index is 454. The van der Waals surface area contributed by atoms with Gasteiger partial charge >= 0.3 is 5.97 Å². The summed E-state index contributed by atoms with van der Waals surface area (Å²) in [6.07, 6.45) is 2.73. The van der Waals surface area contributed by atoms with E-state index < -0.39 is 6.10 Å². The molecule has 2 unspecified atom stereocenters. The molecule has 1 aliphatic carbocycles. The van der Waals surface area contributed by atoms with Crippen molar-refractivity contribution in [3.05, 3.63) is 29.8 Å². The fraction of sp³-hybridized carbons (Fsp3) is 0.562. The summed E-state index contributed by atoms with van der Waals surface area (Å²) in [6.45, 7) is 3.85. The predicted octanol–water partition coefficient (Wildman–Crippen LogP) is 2.82. The van der Waals surface area contributed by atoms with Crippen molar-refractivity contribution in [2.24, 2.45) is 0 Å². The lowest BCUT2D eigenvalue weighted by Crippen LogP contribution is -2.32. The number of carbonyl (C=O) groups excluding carboxylic acids is 1. The molecule has 1 aromatic carbocycles. The minimum Gasteiger partial charge on any atom is -0.508 e. The summed E-state index contributed by atoms with van der Waals surface area (Å²) in [4.78, 5) is 12.2. The van der Waals surface area contributed by atoms with Gasteiger partial charge in [-0.25, -0.2) is 4.79 Å². The van der Waals surface area contributed by atoms with Crippen molar-refractivity contribution < 1.29 is 19.4 Å². The number of ether oxygens (including phenoxy) is 2. The van der Waals surface area contributed by atoms with Crippen LogP contribution in [0.3, 0.4) is 0 Å². The molecule has 1 fully saturated rings. The van der Waals surface area contributed by atoms with Crippen LogP contribution in [0.15, 0.2) is 24.3 Å². The normalized spacial score (nSPS) is 17.5. The Kier molecular flexibility index (Phi) is 5.01. The summed E-state index contributed by atoms with van der Waals surface area (Å²) < 4.78 is 11.1. The topological polar surface area (TPSA) is 55.8 Å². The first-order chi connectivity index (χ1) is 9.58. The van der Waals surface area contributed by atoms with Crippen LogP contribution in [0, 0.1) is 0 Å². The maximum Gasteiger partial charge on any atom is 0.335 e. The Morgan fingerprint density at radius 2 is 2.20 bits per heavy atom. The number of phenols is 1. The number of hydrogen-bond donors (Lipinski definition) is 1. The number of carbonyl (C=O) groups is 1. The standard InChI is InChI=1S/C16H22O4/c1-3-11(2)19-16(18)15(20-14-7-8-14)10-12-5-4-6-13(17)9-12/h4-6,9,11,14-15,17H,3,7-8,10H2,1-2H3. The van der Waals surface area contributed by atoms with Crippen LogP contribution in [-0.2, 0) is 20.7 Å². The van der Waals surface area contributed by atoms with Crippen molar-refractivity contribution in [2.45, 2.75) is 57.8 Å². The molecule has 0 heterocycles. The van der Waals surface area contributed by atoms with Crippen LogP contribution < -0.4 is 0 Å². The third-order valence-electron chi connectivity index (χ3n) is 3.37. The fourth-order valence-corrected chi connectivity index (χ4v) is 1.88. The van der Waals surface area contributed by atoms with Gasteiger partial charge < -0.3 is 14.6 Å². The first-order valence-corrected chi connectivity index (χ1v) is 7.22. The first-order valence-electron chi connectivity index (χ1n) is 7.22. The van der Waals surface area contributed by atoms with E-state index in [0.717, 1.165) is 24.8 Å². The molecule has 0 saturated heterocycles. The van der Waals surface area contributed by atoms with Crippen LogP contribution in [0.1, 0.15) is 38.7 Å². The molecule has 1 aromatic rings. The van der Waals surface area contributed by atoms with E-state index in [4.69, 9.17) is 9.47 Å². The van der Waals surface area contributed by atoms with Gasteiger partial charge in [0.2, 0.25) is 0 Å². The van der Waals surface area contributed by atoms with Gasteiger partial charge in [0, 0.05) is 6.42 Å². The van der Waals surface area contributed by atoms with E-state index in [1.54, 1.807) is 18.2 Å². The van der Waals surface area contributed by atoms with Crippen molar-refractivity contribution in [3.63, 3.8) is 0 Å². The zero-order chi connectivity index (χ0) is 14.5. The van der Waals surface area contributed by atoms with Gasteiger partial charge in [0.25, 0.3) is 0 Å². The summed E-state index contributed by atoms with van der Waals surface area (Å²) in [5.41, 5.74) is 0.872. The highest BCUT2D eigenvalue weighted by Crippen LogP contribution is 2.27. The second kappa shape index (κ2) is 6.75. The van der Waals surface area contributed by atoms with Crippen LogP contribution in [0.25, 0.3) is 0 Å². The molecule has 0 aromatic heterocycles. The van der Waals surface area contributed by atoms with E-state index in [-0.39, 0.29) is 23.9 Å². The Hall–Kier alpha value is -1.55. The summed E-state index contributed by atoms with van der Waals surface area (Å²) in [7, 11) is 0. The van der Waals surface area contributed by atoms with E-state index in [0.29, 0.717) is 6.42 Å². The van der Waals surface area contributed by atoms with Gasteiger partial charge in [-0.05, 0) is 43.9 Å². The zero-order valence-corrected chi connectivity index (χ0v) is 12.0. The van der Waals surface area contributed by atoms with Gasteiger partial charge in [0.1, 0.15) is 5.75 Å². The highest BCUT2D eigenvalue weighted by atomic mass is 16.6. The molecule has 0 amide bonds. The van der Waals surface area contributed by atoms with Crippen molar-refractivity contribution in [3.8, 4) is 5.75 Å². The molecule has 2 atom stereocenters. The summed E-state index contributed by atoms with van der Waals surface area (Å²) in [5.74, 6) is -0.113. The van der Waals surface area contributed by atoms with Crippen LogP contribution in [-0.4, -0.2) is 29.4 Å². The van der Waals surface area contributed by atoms with Crippen LogP contribution in [0.4, 0.5) is 0 Å². The van der Waals surface area contributed by atoms with Crippen LogP contribution in [0.5, 0.6) is 5.75 Å². The average Bonchev–Trinajstić information content (AvgIpc) is 3.22. The van der Waals surface area contributed by atoms with Gasteiger partial charge in [0.15, 0.2) is 6.10 Å². The number of benzene rings is 1. The van der Waals surface area contributed by atoms with E-state index in [9.17, 15) is 9.90 Å². The first kappa shape index (κ1) is 14.9. The lowest BCUT2D eigenvalue weighted by molar-refractivity contribution is -0.162. The van der Waals surface area contributed by atoms with Gasteiger partial charge in [0.05, 0.1) is 12.2 Å². The molecule has 2 rings (SSSR count). The quantitative estimate of drug-likeness (QED) is 0.779. The smallest absolute Gasteiger partial charge is 0.335 e. The second-order valence-corrected chi connectivity index (χ2v) is 5.35. The Labute approximate surface area is 119 Å². The molecule has 110 valence electrons. The van der Waals surface area contributed by atoms with E-state index in [1.165, 1.54) is 0 Å². The molecule has 0 radical (unpaired) electrons. The molecule has 0 spiro atoms. The molecule has 1 saturated carbocycles. The number of phenolic OH excluding ortho intramolecular Hbond substituents is 1. The van der Waals surface area contributed by atoms with Gasteiger partial charge in [-0.2, -0.15) is 0 Å². The summed E-state index contributed by atoms with van der Waals surface area (Å²) in [6, 6.07) is 6.90. The highest BCUT2D eigenvalue weighted by molar-refractivity contribution is 5.75. The number of esters is 1. The summed E-state index contributed by atoms with van der Waals surface area (Å²) in [5, 5.41) is 9.49. The van der Waals surface area contributed by atoms with Crippen molar-refractivity contribution >= 4 is 5.97 Å². The largest absolute Gasteiger partial charge is 0.508 e. The van der Waals surface area contributed by atoms with Gasteiger partial charge in [-0.15, -0.1) is 0 Å². The SMILES string of the molecule is CCC(C)OC(=O)C(Cc1cccc(O)c1)OC1CC1. The Morgan fingerprint density at radius 1 is 1.45 bits per heavy atom. The van der Waals surface area contributed by atoms with Gasteiger partial charge in [-0.1, -0.05) is 19.1 Å². The number of aromatic hydroxyl groups is 1. The molecule has 0 aliphatic heterocycles. The lowest BCUT2D eigenvalue weighted by Gasteiger charge is -2.19. The predicted molar refractivity (Wildman–Crippen MR) is 75.6 cm³/mol. The van der Waals surface area contributed by atoms with Crippen molar-refractivity contribution in [1.29, 1.82) is 0 Å². The molecule has 0 bridgehead atoms. The molecule has 4 heteroatoms. The Morgan fingerprint density at radius 3 is 2.80 bits per heavy atom. The molecular weight excluding hydrogens is 256 g/mol. The molecule has 20 heavy (non-hydrogen) atoms. The molecular formula is C16H22O4. The minimum atomic E-state index is -0.585. The monoisotopic (exact) mass is 278 g/mol. The Balaban J connectivity index is 2.00. The van der Waals surface area contributed by atoms with Crippen molar-refractivity contribution in [2.75, 3.05) is 0 Å². The third kappa shape index (κ3) is 4.53. The van der Waals surface area contributed by atoms with E-state index in [1.807, 2.05) is 19.9 Å². The number of rotatable bonds is 7. The molecule has 1 N–H and O–H groups in total. The van der Waals surface area contributed by atoms with Crippen LogP contribution in [0.2, 0.25) is 0 Å². The van der Waals surface area contributed by atoms with Gasteiger partial charge in [-0.3, -0.25) is 0 Å². The summed E-state index contributed by atoms with van der Waals surface area (Å²) >= 11 is 0. The highest BCUT2D eigenvalue weighted by Gasteiger charge is 2.31. The lowest BCUT2D eigenvalue weighted by atomic mass is 10.1. The zero-order valence-electron chi connectivity index (χ0n) is 12.0. The maximum absolute atomic E-state index is 12.2. The maximum atomic E-state index is 12.2. The van der Waals surface area contributed by atoms with E-state index >= 15 is 0 Å². The third-order valence-corrected chi connectivity index (χ3v) is 3.37. The van der Waals surface area contributed by atoms with Crippen LogP contribution >= 0.6 is 0 Å². The average molecular weight is 278 g/mol. The fourth-order valence-electron chi connectivity index (χ4n) is 1.88. The minimum absolute atomic E-state index is 0.100. The second-order valence-electron chi connectivity index (χ2n) is 5.35. The van der Waals surface area contributed by atoms with Crippen molar-refractivity contribution in [1.82, 2.24) is 0 Å².